The summed E-state index contributed by atoms with van der Waals surface area (Å²) in [7, 11) is 0. The largest absolute Gasteiger partial charge is 0.346 e. The highest BCUT2D eigenvalue weighted by Crippen LogP contribution is 2.24. The monoisotopic (exact) mass is 418 g/mol. The molecule has 3 aromatic rings. The van der Waals surface area contributed by atoms with Crippen LogP contribution in [0.1, 0.15) is 55.2 Å². The molecule has 0 aliphatic carbocycles. The zero-order valence-electron chi connectivity index (χ0n) is 16.3. The zero-order valence-corrected chi connectivity index (χ0v) is 17.0. The smallest absolute Gasteiger partial charge is 0.261 e. The summed E-state index contributed by atoms with van der Waals surface area (Å²) in [6, 6.07) is 20.8. The van der Waals surface area contributed by atoms with Crippen molar-refractivity contribution >= 4 is 29.3 Å². The molecule has 1 unspecified atom stereocenters. The van der Waals surface area contributed by atoms with Crippen LogP contribution < -0.4 is 5.32 Å². The predicted octanol–water partition coefficient (Wildman–Crippen LogP) is 4.63. The standard InChI is InChI=1S/C24H19ClN2O3/c1-15(17-7-5-9-19(25)13-17)26-22(28)18-8-4-6-16(12-18)14-27-23(29)20-10-2-3-11-21(20)24(27)30/h2-13,15H,14H2,1H3,(H,26,28). The van der Waals surface area contributed by atoms with Crippen LogP contribution in [0.3, 0.4) is 0 Å². The lowest BCUT2D eigenvalue weighted by Crippen LogP contribution is -2.29. The second-order valence-corrected chi connectivity index (χ2v) is 7.63. The molecule has 1 aliphatic heterocycles. The maximum absolute atomic E-state index is 12.7. The van der Waals surface area contributed by atoms with E-state index >= 15 is 0 Å². The highest BCUT2D eigenvalue weighted by molar-refractivity contribution is 6.30. The van der Waals surface area contributed by atoms with E-state index in [1.807, 2.05) is 25.1 Å². The van der Waals surface area contributed by atoms with Crippen molar-refractivity contribution in [2.45, 2.75) is 19.5 Å². The molecule has 3 aromatic carbocycles. The van der Waals surface area contributed by atoms with Gasteiger partial charge in [0.15, 0.2) is 0 Å². The molecule has 1 heterocycles. The third-order valence-electron chi connectivity index (χ3n) is 5.10. The fourth-order valence-electron chi connectivity index (χ4n) is 3.52. The van der Waals surface area contributed by atoms with Gasteiger partial charge >= 0.3 is 0 Å². The summed E-state index contributed by atoms with van der Waals surface area (Å²) in [6.07, 6.45) is 0. The number of imide groups is 1. The second-order valence-electron chi connectivity index (χ2n) is 7.19. The van der Waals surface area contributed by atoms with Crippen molar-refractivity contribution in [1.29, 1.82) is 0 Å². The van der Waals surface area contributed by atoms with Gasteiger partial charge < -0.3 is 5.32 Å². The van der Waals surface area contributed by atoms with Crippen molar-refractivity contribution in [2.75, 3.05) is 0 Å². The number of fused-ring (bicyclic) bond motifs is 1. The minimum Gasteiger partial charge on any atom is -0.346 e. The fraction of sp³-hybridized carbons (Fsp3) is 0.125. The van der Waals surface area contributed by atoms with E-state index in [0.717, 1.165) is 5.56 Å². The van der Waals surface area contributed by atoms with Crippen molar-refractivity contribution in [3.63, 3.8) is 0 Å². The topological polar surface area (TPSA) is 66.5 Å². The first kappa shape index (κ1) is 19.9. The first-order chi connectivity index (χ1) is 14.4. The van der Waals surface area contributed by atoms with Gasteiger partial charge in [0, 0.05) is 10.6 Å². The van der Waals surface area contributed by atoms with Gasteiger partial charge in [-0.1, -0.05) is 48.0 Å². The molecule has 6 heteroatoms. The Morgan fingerprint density at radius 2 is 1.60 bits per heavy atom. The molecule has 1 atom stereocenters. The molecule has 1 N–H and O–H groups in total. The minimum absolute atomic E-state index is 0.108. The quantitative estimate of drug-likeness (QED) is 0.614. The van der Waals surface area contributed by atoms with Crippen molar-refractivity contribution in [3.8, 4) is 0 Å². The Hall–Kier alpha value is -3.44. The van der Waals surface area contributed by atoms with Gasteiger partial charge in [-0.2, -0.15) is 0 Å². The highest BCUT2D eigenvalue weighted by Gasteiger charge is 2.35. The number of hydrogen-bond donors (Lipinski definition) is 1. The van der Waals surface area contributed by atoms with Crippen molar-refractivity contribution in [3.05, 3.63) is 106 Å². The third kappa shape index (κ3) is 3.84. The molecule has 30 heavy (non-hydrogen) atoms. The summed E-state index contributed by atoms with van der Waals surface area (Å²) in [5.41, 5.74) is 2.88. The van der Waals surface area contributed by atoms with E-state index in [1.54, 1.807) is 54.6 Å². The number of amides is 3. The average Bonchev–Trinajstić information content (AvgIpc) is 2.99. The third-order valence-corrected chi connectivity index (χ3v) is 5.34. The van der Waals surface area contributed by atoms with Crippen LogP contribution in [-0.4, -0.2) is 22.6 Å². The van der Waals surface area contributed by atoms with E-state index in [4.69, 9.17) is 11.6 Å². The molecular formula is C24H19ClN2O3. The number of nitrogens with one attached hydrogen (secondary N) is 1. The predicted molar refractivity (Wildman–Crippen MR) is 114 cm³/mol. The Labute approximate surface area is 179 Å². The maximum Gasteiger partial charge on any atom is 0.261 e. The van der Waals surface area contributed by atoms with Crippen molar-refractivity contribution in [2.24, 2.45) is 0 Å². The number of carbonyl (C=O) groups is 3. The van der Waals surface area contributed by atoms with Gasteiger partial charge in [-0.3, -0.25) is 19.3 Å². The van der Waals surface area contributed by atoms with Gasteiger partial charge in [-0.05, 0) is 54.4 Å². The van der Waals surface area contributed by atoms with Crippen molar-refractivity contribution in [1.82, 2.24) is 10.2 Å². The Balaban J connectivity index is 1.49. The fourth-order valence-corrected chi connectivity index (χ4v) is 3.71. The van der Waals surface area contributed by atoms with Gasteiger partial charge in [-0.15, -0.1) is 0 Å². The Bertz CT molecular complexity index is 1120. The van der Waals surface area contributed by atoms with Gasteiger partial charge in [0.25, 0.3) is 17.7 Å². The molecule has 1 aliphatic rings. The molecule has 0 radical (unpaired) electrons. The van der Waals surface area contributed by atoms with E-state index in [9.17, 15) is 14.4 Å². The Morgan fingerprint density at radius 3 is 2.27 bits per heavy atom. The number of nitrogens with zero attached hydrogens (tertiary/aromatic N) is 1. The molecule has 0 fully saturated rings. The molecule has 150 valence electrons. The normalized spacial score (nSPS) is 13.9. The molecule has 0 aromatic heterocycles. The van der Waals surface area contributed by atoms with Crippen LogP contribution in [0.15, 0.2) is 72.8 Å². The molecule has 0 spiro atoms. The SMILES string of the molecule is CC(NC(=O)c1cccc(CN2C(=O)c3ccccc3C2=O)c1)c1cccc(Cl)c1. The molecule has 4 rings (SSSR count). The summed E-state index contributed by atoms with van der Waals surface area (Å²) in [5, 5.41) is 3.56. The van der Waals surface area contributed by atoms with Gasteiger partial charge in [-0.25, -0.2) is 0 Å². The number of benzene rings is 3. The van der Waals surface area contributed by atoms with Crippen LogP contribution in [0.2, 0.25) is 5.02 Å². The van der Waals surface area contributed by atoms with E-state index in [2.05, 4.69) is 5.32 Å². The van der Waals surface area contributed by atoms with Crippen LogP contribution in [-0.2, 0) is 6.54 Å². The average molecular weight is 419 g/mol. The van der Waals surface area contributed by atoms with Crippen LogP contribution in [0.25, 0.3) is 0 Å². The van der Waals surface area contributed by atoms with Gasteiger partial charge in [0.05, 0.1) is 23.7 Å². The second kappa shape index (κ2) is 8.13. The van der Waals surface area contributed by atoms with Gasteiger partial charge in [0.2, 0.25) is 0 Å². The van der Waals surface area contributed by atoms with E-state index in [-0.39, 0.29) is 30.3 Å². The van der Waals surface area contributed by atoms with Crippen LogP contribution >= 0.6 is 11.6 Å². The molecule has 0 saturated carbocycles. The van der Waals surface area contributed by atoms with Crippen LogP contribution in [0.4, 0.5) is 0 Å². The van der Waals surface area contributed by atoms with Crippen LogP contribution in [0, 0.1) is 0 Å². The maximum atomic E-state index is 12.7. The molecule has 3 amide bonds. The van der Waals surface area contributed by atoms with E-state index < -0.39 is 0 Å². The first-order valence-electron chi connectivity index (χ1n) is 9.54. The summed E-state index contributed by atoms with van der Waals surface area (Å²) in [6.45, 7) is 1.99. The lowest BCUT2D eigenvalue weighted by molar-refractivity contribution is 0.0642. The summed E-state index contributed by atoms with van der Waals surface area (Å²) in [4.78, 5) is 39.1. The lowest BCUT2D eigenvalue weighted by Gasteiger charge is -2.16. The molecule has 0 bridgehead atoms. The zero-order chi connectivity index (χ0) is 21.3. The summed E-state index contributed by atoms with van der Waals surface area (Å²) >= 11 is 6.03. The van der Waals surface area contributed by atoms with Crippen molar-refractivity contribution < 1.29 is 14.4 Å². The number of rotatable bonds is 5. The summed E-state index contributed by atoms with van der Waals surface area (Å²) in [5.74, 6) is -0.883. The van der Waals surface area contributed by atoms with E-state index in [0.29, 0.717) is 27.3 Å². The number of halogens is 1. The number of carbonyl (C=O) groups excluding carboxylic acids is 3. The molecule has 5 nitrogen and oxygen atoms in total. The Morgan fingerprint density at radius 1 is 0.933 bits per heavy atom. The first-order valence-corrected chi connectivity index (χ1v) is 9.92. The molecular weight excluding hydrogens is 400 g/mol. The van der Waals surface area contributed by atoms with E-state index in [1.165, 1.54) is 4.90 Å². The number of hydrogen-bond acceptors (Lipinski definition) is 3. The lowest BCUT2D eigenvalue weighted by atomic mass is 10.1. The summed E-state index contributed by atoms with van der Waals surface area (Å²) < 4.78 is 0. The van der Waals surface area contributed by atoms with Crippen LogP contribution in [0.5, 0.6) is 0 Å². The highest BCUT2D eigenvalue weighted by atomic mass is 35.5. The minimum atomic E-state index is -0.319. The van der Waals surface area contributed by atoms with Gasteiger partial charge in [0.1, 0.15) is 0 Å². The molecule has 0 saturated heterocycles. The Kier molecular flexibility index (Phi) is 5.38.